The molecular formula is C25H19BrCl2N4O5. The number of fused-ring (bicyclic) bond motifs is 4. The first-order valence-corrected chi connectivity index (χ1v) is 13.3. The molecule has 1 N–H and O–H groups in total. The number of hydrogen-bond donors (Lipinski definition) is 1. The number of likely N-dealkylation sites (tertiary alicyclic amines) is 1. The standard InChI is InChI=1S/C25H19BrCl2N4O5/c26-13-29-20(34)24(27)12-17-15(19(25(24,28)21(29)35)16-8-4-5-9-18(16)33)10-11-30-22(36)31(23(37)32(17)30)14-6-2-1-3-7-14/h1-10,17,19,33H,11-13H2. The zero-order valence-electron chi connectivity index (χ0n) is 19.1. The molecule has 3 heterocycles. The van der Waals surface area contributed by atoms with Crippen LogP contribution in [0.2, 0.25) is 0 Å². The average molecular weight is 606 g/mol. The molecule has 1 saturated carbocycles. The summed E-state index contributed by atoms with van der Waals surface area (Å²) in [4.78, 5) is 51.3. The van der Waals surface area contributed by atoms with E-state index in [1.807, 2.05) is 0 Å². The molecule has 2 amide bonds. The molecule has 3 aromatic rings. The molecule has 0 spiro atoms. The summed E-state index contributed by atoms with van der Waals surface area (Å²) in [6, 6.07) is 14.0. The third kappa shape index (κ3) is 2.97. The Morgan fingerprint density at radius 1 is 0.946 bits per heavy atom. The molecule has 2 fully saturated rings. The minimum atomic E-state index is -1.98. The molecule has 12 heteroatoms. The van der Waals surface area contributed by atoms with E-state index in [4.69, 9.17) is 23.2 Å². The van der Waals surface area contributed by atoms with Gasteiger partial charge in [0.15, 0.2) is 9.75 Å². The highest BCUT2D eigenvalue weighted by atomic mass is 79.9. The number of aromatic hydroxyl groups is 1. The van der Waals surface area contributed by atoms with Gasteiger partial charge in [0.25, 0.3) is 11.8 Å². The van der Waals surface area contributed by atoms with Crippen LogP contribution in [-0.2, 0) is 16.1 Å². The van der Waals surface area contributed by atoms with Crippen molar-refractivity contribution in [1.82, 2.24) is 18.8 Å². The van der Waals surface area contributed by atoms with E-state index in [9.17, 15) is 24.3 Å². The lowest BCUT2D eigenvalue weighted by molar-refractivity contribution is -0.138. The van der Waals surface area contributed by atoms with Crippen LogP contribution in [0.1, 0.15) is 23.9 Å². The lowest BCUT2D eigenvalue weighted by Gasteiger charge is -2.49. The fourth-order valence-electron chi connectivity index (χ4n) is 5.89. The summed E-state index contributed by atoms with van der Waals surface area (Å²) in [7, 11) is 0. The Balaban J connectivity index is 1.63. The van der Waals surface area contributed by atoms with Gasteiger partial charge in [-0.1, -0.05) is 58.4 Å². The van der Waals surface area contributed by atoms with Crippen molar-refractivity contribution in [2.45, 2.75) is 34.7 Å². The minimum Gasteiger partial charge on any atom is -0.508 e. The minimum absolute atomic E-state index is 0.0242. The normalized spacial score (nSPS) is 28.5. The number of hydrogen-bond acceptors (Lipinski definition) is 5. The molecule has 0 radical (unpaired) electrons. The van der Waals surface area contributed by atoms with Gasteiger partial charge in [0.2, 0.25) is 0 Å². The van der Waals surface area contributed by atoms with Gasteiger partial charge < -0.3 is 5.11 Å². The Bertz CT molecular complexity index is 1630. The predicted molar refractivity (Wildman–Crippen MR) is 140 cm³/mol. The zero-order valence-corrected chi connectivity index (χ0v) is 22.2. The van der Waals surface area contributed by atoms with Crippen molar-refractivity contribution >= 4 is 50.9 Å². The maximum atomic E-state index is 13.7. The van der Waals surface area contributed by atoms with Crippen molar-refractivity contribution in [2.75, 3.05) is 5.45 Å². The summed E-state index contributed by atoms with van der Waals surface area (Å²) in [5.41, 5.74) is -0.0709. The van der Waals surface area contributed by atoms with Crippen molar-refractivity contribution in [1.29, 1.82) is 0 Å². The number of phenolic OH excluding ortho intramolecular Hbond substituents is 1. The smallest absolute Gasteiger partial charge is 0.352 e. The van der Waals surface area contributed by atoms with Crippen LogP contribution in [0, 0.1) is 0 Å². The number of alkyl halides is 3. The van der Waals surface area contributed by atoms with Crippen LogP contribution in [0.3, 0.4) is 0 Å². The van der Waals surface area contributed by atoms with E-state index in [0.29, 0.717) is 16.8 Å². The number of carbonyl (C=O) groups excluding carboxylic acids is 2. The fraction of sp³-hybridized carbons (Fsp3) is 0.280. The summed E-state index contributed by atoms with van der Waals surface area (Å²) < 4.78 is 3.63. The monoisotopic (exact) mass is 604 g/mol. The van der Waals surface area contributed by atoms with Crippen molar-refractivity contribution in [3.8, 4) is 11.4 Å². The molecule has 37 heavy (non-hydrogen) atoms. The third-order valence-corrected chi connectivity index (χ3v) is 9.46. The molecule has 2 aromatic carbocycles. The number of aromatic nitrogens is 3. The van der Waals surface area contributed by atoms with Crippen LogP contribution in [0.15, 0.2) is 75.8 Å². The van der Waals surface area contributed by atoms with E-state index in [1.165, 1.54) is 15.4 Å². The summed E-state index contributed by atoms with van der Waals surface area (Å²) in [6.45, 7) is 0.0242. The van der Waals surface area contributed by atoms with Crippen LogP contribution in [0.5, 0.6) is 5.75 Å². The molecule has 3 aliphatic rings. The molecule has 0 bridgehead atoms. The molecular weight excluding hydrogens is 587 g/mol. The summed E-state index contributed by atoms with van der Waals surface area (Å²) >= 11 is 17.4. The number of rotatable bonds is 3. The van der Waals surface area contributed by atoms with Crippen LogP contribution in [0.4, 0.5) is 0 Å². The Hall–Kier alpha value is -3.08. The number of carbonyl (C=O) groups is 2. The second-order valence-electron chi connectivity index (χ2n) is 9.25. The maximum Gasteiger partial charge on any atom is 0.352 e. The Morgan fingerprint density at radius 3 is 2.30 bits per heavy atom. The number of amides is 2. The first-order chi connectivity index (χ1) is 17.7. The highest BCUT2D eigenvalue weighted by Crippen LogP contribution is 2.64. The molecule has 4 atom stereocenters. The van der Waals surface area contributed by atoms with E-state index in [-0.39, 0.29) is 24.2 Å². The number of nitrogens with zero attached hydrogens (tertiary/aromatic N) is 4. The van der Waals surface area contributed by atoms with Crippen molar-refractivity contribution in [3.63, 3.8) is 0 Å². The third-order valence-electron chi connectivity index (χ3n) is 7.54. The SMILES string of the molecule is O=C1N(CBr)C(=O)C2(Cl)C(c3ccccc3O)C3=CCn4c(=O)n(-c5ccccc5)c(=O)n4C3CC12Cl. The number of allylic oxidation sites excluding steroid dienone is 2. The van der Waals surface area contributed by atoms with Crippen molar-refractivity contribution < 1.29 is 14.7 Å². The molecule has 2 aliphatic heterocycles. The molecule has 1 aliphatic carbocycles. The van der Waals surface area contributed by atoms with Gasteiger partial charge in [0, 0.05) is 17.9 Å². The van der Waals surface area contributed by atoms with Gasteiger partial charge in [0.1, 0.15) is 5.75 Å². The van der Waals surface area contributed by atoms with E-state index in [1.54, 1.807) is 54.6 Å². The van der Waals surface area contributed by atoms with E-state index in [2.05, 4.69) is 15.9 Å². The molecule has 190 valence electrons. The summed E-state index contributed by atoms with van der Waals surface area (Å²) in [5, 5.41) is 10.8. The Morgan fingerprint density at radius 2 is 1.62 bits per heavy atom. The average Bonchev–Trinajstić information content (AvgIpc) is 3.23. The molecule has 6 rings (SSSR count). The zero-order chi connectivity index (χ0) is 26.3. The number of benzene rings is 2. The van der Waals surface area contributed by atoms with Gasteiger partial charge >= 0.3 is 11.4 Å². The second kappa shape index (κ2) is 8.21. The quantitative estimate of drug-likeness (QED) is 0.214. The Labute approximate surface area is 228 Å². The number of imide groups is 1. The fourth-order valence-corrected chi connectivity index (χ4v) is 7.29. The van der Waals surface area contributed by atoms with Gasteiger partial charge in [0.05, 0.1) is 23.7 Å². The number of phenols is 1. The van der Waals surface area contributed by atoms with E-state index >= 15 is 0 Å². The first kappa shape index (κ1) is 24.3. The van der Waals surface area contributed by atoms with Crippen LogP contribution in [-0.4, -0.2) is 51.0 Å². The molecule has 4 unspecified atom stereocenters. The lowest BCUT2D eigenvalue weighted by atomic mass is 9.64. The van der Waals surface area contributed by atoms with Gasteiger partial charge in [-0.05, 0) is 23.8 Å². The van der Waals surface area contributed by atoms with Gasteiger partial charge in [-0.2, -0.15) is 0 Å². The molecule has 9 nitrogen and oxygen atoms in total. The maximum absolute atomic E-state index is 13.7. The summed E-state index contributed by atoms with van der Waals surface area (Å²) in [6.07, 6.45) is 1.52. The van der Waals surface area contributed by atoms with Gasteiger partial charge in [-0.25, -0.2) is 23.5 Å². The van der Waals surface area contributed by atoms with Crippen molar-refractivity contribution in [2.24, 2.45) is 0 Å². The van der Waals surface area contributed by atoms with Crippen LogP contribution >= 0.6 is 39.1 Å². The van der Waals surface area contributed by atoms with E-state index < -0.39 is 44.9 Å². The van der Waals surface area contributed by atoms with Crippen LogP contribution < -0.4 is 11.4 Å². The largest absolute Gasteiger partial charge is 0.508 e. The Kier molecular flexibility index (Phi) is 5.38. The van der Waals surface area contributed by atoms with Crippen molar-refractivity contribution in [3.05, 3.63) is 92.8 Å². The van der Waals surface area contributed by atoms with E-state index in [0.717, 1.165) is 9.47 Å². The highest BCUT2D eigenvalue weighted by Gasteiger charge is 2.75. The second-order valence-corrected chi connectivity index (χ2v) is 11.0. The topological polar surface area (TPSA) is 107 Å². The molecule has 1 saturated heterocycles. The lowest BCUT2D eigenvalue weighted by Crippen LogP contribution is -2.59. The van der Waals surface area contributed by atoms with Gasteiger partial charge in [-0.3, -0.25) is 14.5 Å². The van der Waals surface area contributed by atoms with Crippen LogP contribution in [0.25, 0.3) is 5.69 Å². The predicted octanol–water partition coefficient (Wildman–Crippen LogP) is 2.85. The number of para-hydroxylation sites is 2. The van der Waals surface area contributed by atoms with Gasteiger partial charge in [-0.15, -0.1) is 23.2 Å². The highest BCUT2D eigenvalue weighted by molar-refractivity contribution is 9.09. The first-order valence-electron chi connectivity index (χ1n) is 11.4. The molecule has 1 aromatic heterocycles. The number of halogens is 3. The summed E-state index contributed by atoms with van der Waals surface area (Å²) in [5.74, 6) is -2.60.